The molecule has 0 radical (unpaired) electrons. The Morgan fingerprint density at radius 2 is 2.25 bits per heavy atom. The van der Waals surface area contributed by atoms with Crippen molar-refractivity contribution in [1.29, 1.82) is 0 Å². The van der Waals surface area contributed by atoms with Crippen molar-refractivity contribution in [2.75, 3.05) is 13.1 Å². The van der Waals surface area contributed by atoms with Crippen LogP contribution in [0.25, 0.3) is 0 Å². The maximum absolute atomic E-state index is 12.4. The first kappa shape index (κ1) is 8.13. The Labute approximate surface area is 73.6 Å². The molecule has 0 unspecified atom stereocenters. The minimum atomic E-state index is -2.43. The average molecular weight is 189 g/mol. The Hall–Kier alpha value is -0.480. The fourth-order valence-corrected chi connectivity index (χ4v) is 2.02. The topological polar surface area (TPSA) is 3.24 Å². The van der Waals surface area contributed by atoms with Crippen molar-refractivity contribution in [1.82, 2.24) is 4.90 Å². The van der Waals surface area contributed by atoms with Crippen molar-refractivity contribution in [3.8, 4) is 0 Å². The van der Waals surface area contributed by atoms with Crippen LogP contribution in [0, 0.1) is 0 Å². The van der Waals surface area contributed by atoms with Crippen LogP contribution >= 0.6 is 11.3 Å². The fourth-order valence-electron chi connectivity index (χ4n) is 1.36. The summed E-state index contributed by atoms with van der Waals surface area (Å²) in [5, 5.41) is 3.96. The highest BCUT2D eigenvalue weighted by molar-refractivity contribution is 7.07. The van der Waals surface area contributed by atoms with Crippen molar-refractivity contribution in [3.05, 3.63) is 22.4 Å². The summed E-state index contributed by atoms with van der Waals surface area (Å²) < 4.78 is 24.8. The summed E-state index contributed by atoms with van der Waals surface area (Å²) in [4.78, 5) is 1.75. The molecule has 0 aliphatic carbocycles. The molecular weight excluding hydrogens is 180 g/mol. The SMILES string of the molecule is FC1(F)CN(Cc2ccsc2)C1. The molecule has 12 heavy (non-hydrogen) atoms. The maximum atomic E-state index is 12.4. The minimum Gasteiger partial charge on any atom is -0.287 e. The van der Waals surface area contributed by atoms with E-state index in [2.05, 4.69) is 0 Å². The van der Waals surface area contributed by atoms with Gasteiger partial charge in [0.15, 0.2) is 0 Å². The number of rotatable bonds is 2. The highest BCUT2D eigenvalue weighted by atomic mass is 32.1. The molecule has 0 atom stereocenters. The molecule has 0 amide bonds. The van der Waals surface area contributed by atoms with E-state index in [1.54, 1.807) is 16.2 Å². The molecule has 0 spiro atoms. The number of alkyl halides is 2. The third-order valence-electron chi connectivity index (χ3n) is 1.90. The van der Waals surface area contributed by atoms with E-state index >= 15 is 0 Å². The summed E-state index contributed by atoms with van der Waals surface area (Å²) in [7, 11) is 0. The van der Waals surface area contributed by atoms with Crippen LogP contribution < -0.4 is 0 Å². The van der Waals surface area contributed by atoms with Gasteiger partial charge in [0.05, 0.1) is 13.1 Å². The lowest BCUT2D eigenvalue weighted by Gasteiger charge is -2.38. The van der Waals surface area contributed by atoms with Crippen LogP contribution in [-0.2, 0) is 6.54 Å². The molecule has 1 aromatic rings. The smallest absolute Gasteiger partial charge is 0.272 e. The highest BCUT2D eigenvalue weighted by Gasteiger charge is 2.43. The van der Waals surface area contributed by atoms with Gasteiger partial charge in [-0.2, -0.15) is 11.3 Å². The molecule has 2 rings (SSSR count). The summed E-state index contributed by atoms with van der Waals surface area (Å²) in [6, 6.07) is 1.97. The van der Waals surface area contributed by atoms with Gasteiger partial charge >= 0.3 is 0 Å². The lowest BCUT2D eigenvalue weighted by molar-refractivity contribution is -0.133. The summed E-state index contributed by atoms with van der Waals surface area (Å²) in [5.41, 5.74) is 1.13. The summed E-state index contributed by atoms with van der Waals surface area (Å²) in [5.74, 6) is -2.43. The Kier molecular flexibility index (Phi) is 1.88. The largest absolute Gasteiger partial charge is 0.287 e. The molecule has 1 fully saturated rings. The Morgan fingerprint density at radius 3 is 2.75 bits per heavy atom. The fraction of sp³-hybridized carbons (Fsp3) is 0.500. The van der Waals surface area contributed by atoms with Gasteiger partial charge in [-0.1, -0.05) is 0 Å². The monoisotopic (exact) mass is 189 g/mol. The van der Waals surface area contributed by atoms with E-state index in [9.17, 15) is 8.78 Å². The molecule has 4 heteroatoms. The van der Waals surface area contributed by atoms with Crippen LogP contribution in [0.2, 0.25) is 0 Å². The van der Waals surface area contributed by atoms with Crippen LogP contribution in [0.5, 0.6) is 0 Å². The van der Waals surface area contributed by atoms with E-state index < -0.39 is 5.92 Å². The molecule has 1 nitrogen and oxygen atoms in total. The second kappa shape index (κ2) is 2.78. The van der Waals surface area contributed by atoms with Gasteiger partial charge in [-0.3, -0.25) is 4.90 Å². The molecule has 1 aromatic heterocycles. The van der Waals surface area contributed by atoms with Gasteiger partial charge in [0.2, 0.25) is 0 Å². The van der Waals surface area contributed by atoms with Gasteiger partial charge in [-0.05, 0) is 22.4 Å². The number of nitrogens with zero attached hydrogens (tertiary/aromatic N) is 1. The van der Waals surface area contributed by atoms with Crippen molar-refractivity contribution >= 4 is 11.3 Å². The summed E-state index contributed by atoms with van der Waals surface area (Å²) >= 11 is 1.60. The second-order valence-electron chi connectivity index (χ2n) is 3.13. The van der Waals surface area contributed by atoms with Crippen LogP contribution in [-0.4, -0.2) is 23.9 Å². The lowest BCUT2D eigenvalue weighted by atomic mass is 10.1. The maximum Gasteiger partial charge on any atom is 0.272 e. The molecule has 0 saturated carbocycles. The van der Waals surface area contributed by atoms with Gasteiger partial charge in [0, 0.05) is 6.54 Å². The van der Waals surface area contributed by atoms with Crippen LogP contribution in [0.3, 0.4) is 0 Å². The van der Waals surface area contributed by atoms with Crippen LogP contribution in [0.1, 0.15) is 5.56 Å². The summed E-state index contributed by atoms with van der Waals surface area (Å²) in [6.45, 7) is 0.505. The van der Waals surface area contributed by atoms with Crippen molar-refractivity contribution in [2.45, 2.75) is 12.5 Å². The zero-order valence-electron chi connectivity index (χ0n) is 6.46. The second-order valence-corrected chi connectivity index (χ2v) is 3.91. The van der Waals surface area contributed by atoms with E-state index in [4.69, 9.17) is 0 Å². The number of thiophene rings is 1. The van der Waals surface area contributed by atoms with Gasteiger partial charge in [0.25, 0.3) is 5.92 Å². The third kappa shape index (κ3) is 1.64. The van der Waals surface area contributed by atoms with E-state index in [-0.39, 0.29) is 13.1 Å². The number of halogens is 2. The molecule has 66 valence electrons. The van der Waals surface area contributed by atoms with Crippen molar-refractivity contribution < 1.29 is 8.78 Å². The highest BCUT2D eigenvalue weighted by Crippen LogP contribution is 2.28. The standard InChI is InChI=1S/C8H9F2NS/c9-8(10)5-11(6-8)3-7-1-2-12-4-7/h1-2,4H,3,5-6H2. The van der Waals surface area contributed by atoms with Crippen LogP contribution in [0.15, 0.2) is 16.8 Å². The lowest BCUT2D eigenvalue weighted by Crippen LogP contribution is -2.55. The Bertz CT molecular complexity index is 250. The van der Waals surface area contributed by atoms with E-state index in [0.717, 1.165) is 5.56 Å². The molecule has 0 bridgehead atoms. The molecule has 0 aromatic carbocycles. The van der Waals surface area contributed by atoms with Crippen molar-refractivity contribution in [2.24, 2.45) is 0 Å². The molecular formula is C8H9F2NS. The first-order chi connectivity index (χ1) is 5.66. The van der Waals surface area contributed by atoms with E-state index in [1.165, 1.54) is 0 Å². The molecule has 2 heterocycles. The first-order valence-corrected chi connectivity index (χ1v) is 4.71. The minimum absolute atomic E-state index is 0.0805. The number of likely N-dealkylation sites (tertiary alicyclic amines) is 1. The van der Waals surface area contributed by atoms with Crippen molar-refractivity contribution in [3.63, 3.8) is 0 Å². The zero-order chi connectivity index (χ0) is 8.60. The van der Waals surface area contributed by atoms with Gasteiger partial charge in [-0.15, -0.1) is 0 Å². The normalized spacial score (nSPS) is 22.2. The van der Waals surface area contributed by atoms with Gasteiger partial charge in [0.1, 0.15) is 0 Å². The first-order valence-electron chi connectivity index (χ1n) is 3.77. The molecule has 1 aliphatic heterocycles. The summed E-state index contributed by atoms with van der Waals surface area (Å²) in [6.07, 6.45) is 0. The molecule has 1 aliphatic rings. The van der Waals surface area contributed by atoms with Crippen LogP contribution in [0.4, 0.5) is 8.78 Å². The van der Waals surface area contributed by atoms with E-state index in [0.29, 0.717) is 6.54 Å². The predicted molar refractivity (Wildman–Crippen MR) is 44.5 cm³/mol. The number of hydrogen-bond donors (Lipinski definition) is 0. The number of hydrogen-bond acceptors (Lipinski definition) is 2. The Balaban J connectivity index is 1.84. The predicted octanol–water partition coefficient (Wildman–Crippen LogP) is 2.20. The third-order valence-corrected chi connectivity index (χ3v) is 2.63. The quantitative estimate of drug-likeness (QED) is 0.689. The zero-order valence-corrected chi connectivity index (χ0v) is 7.28. The average Bonchev–Trinajstić information content (AvgIpc) is 2.35. The molecule has 1 saturated heterocycles. The van der Waals surface area contributed by atoms with E-state index in [1.807, 2.05) is 16.8 Å². The van der Waals surface area contributed by atoms with Gasteiger partial charge < -0.3 is 0 Å². The Morgan fingerprint density at radius 1 is 1.50 bits per heavy atom. The molecule has 0 N–H and O–H groups in total. The van der Waals surface area contributed by atoms with Gasteiger partial charge in [-0.25, -0.2) is 8.78 Å².